The van der Waals surface area contributed by atoms with Crippen molar-refractivity contribution in [1.82, 2.24) is 0 Å². The summed E-state index contributed by atoms with van der Waals surface area (Å²) < 4.78 is 27.4. The molecule has 0 amide bonds. The summed E-state index contributed by atoms with van der Waals surface area (Å²) in [5.41, 5.74) is 3.91. The normalized spacial score (nSPS) is 12.3. The lowest BCUT2D eigenvalue weighted by atomic mass is 10.00. The van der Waals surface area contributed by atoms with Crippen molar-refractivity contribution in [2.75, 3.05) is 5.32 Å². The molecule has 2 aromatic carbocycles. The summed E-state index contributed by atoms with van der Waals surface area (Å²) in [6, 6.07) is 8.46. The van der Waals surface area contributed by atoms with Gasteiger partial charge >= 0.3 is 0 Å². The molecular formula is C17H19F2N. The zero-order valence-corrected chi connectivity index (χ0v) is 12.2. The van der Waals surface area contributed by atoms with Gasteiger partial charge in [-0.3, -0.25) is 0 Å². The summed E-state index contributed by atoms with van der Waals surface area (Å²) in [5.74, 6) is -0.831. The lowest BCUT2D eigenvalue weighted by Crippen LogP contribution is -2.10. The van der Waals surface area contributed by atoms with Crippen LogP contribution in [0.4, 0.5) is 14.5 Å². The van der Waals surface area contributed by atoms with Crippen molar-refractivity contribution in [1.29, 1.82) is 0 Å². The van der Waals surface area contributed by atoms with Gasteiger partial charge in [0.05, 0.1) is 5.69 Å². The van der Waals surface area contributed by atoms with Crippen LogP contribution in [0.25, 0.3) is 0 Å². The summed E-state index contributed by atoms with van der Waals surface area (Å²) in [6.07, 6.45) is 0. The van der Waals surface area contributed by atoms with E-state index in [2.05, 4.69) is 11.4 Å². The third-order valence-corrected chi connectivity index (χ3v) is 3.51. The number of halogens is 2. The summed E-state index contributed by atoms with van der Waals surface area (Å²) in [6.45, 7) is 7.54. The van der Waals surface area contributed by atoms with Crippen molar-refractivity contribution in [3.63, 3.8) is 0 Å². The van der Waals surface area contributed by atoms with Gasteiger partial charge in [-0.2, -0.15) is 0 Å². The summed E-state index contributed by atoms with van der Waals surface area (Å²) in [7, 11) is 0. The summed E-state index contributed by atoms with van der Waals surface area (Å²) in [5, 5.41) is 3.04. The number of anilines is 1. The molecule has 2 rings (SSSR count). The molecule has 1 N–H and O–H groups in total. The predicted molar refractivity (Wildman–Crippen MR) is 79.0 cm³/mol. The Balaban J connectivity index is 2.27. The van der Waals surface area contributed by atoms with Crippen LogP contribution in [-0.2, 0) is 0 Å². The van der Waals surface area contributed by atoms with E-state index in [4.69, 9.17) is 0 Å². The van der Waals surface area contributed by atoms with Gasteiger partial charge in [0.25, 0.3) is 0 Å². The first-order valence-electron chi connectivity index (χ1n) is 6.68. The Morgan fingerprint density at radius 1 is 0.900 bits per heavy atom. The van der Waals surface area contributed by atoms with Crippen LogP contribution in [0.5, 0.6) is 0 Å². The molecule has 0 fully saturated rings. The SMILES string of the molecule is Cc1ccc(C(C)Nc2cc(F)c(C)cc2F)c(C)c1. The van der Waals surface area contributed by atoms with Crippen LogP contribution in [0.2, 0.25) is 0 Å². The molecule has 0 radical (unpaired) electrons. The molecular weight excluding hydrogens is 256 g/mol. The molecule has 0 aliphatic heterocycles. The lowest BCUT2D eigenvalue weighted by Gasteiger charge is -2.19. The van der Waals surface area contributed by atoms with Crippen molar-refractivity contribution in [2.24, 2.45) is 0 Å². The van der Waals surface area contributed by atoms with Gasteiger partial charge in [-0.15, -0.1) is 0 Å². The third kappa shape index (κ3) is 2.98. The first-order chi connectivity index (χ1) is 9.38. The van der Waals surface area contributed by atoms with E-state index in [0.29, 0.717) is 5.56 Å². The van der Waals surface area contributed by atoms with Gasteiger partial charge in [0.1, 0.15) is 11.6 Å². The van der Waals surface area contributed by atoms with Crippen LogP contribution >= 0.6 is 0 Å². The number of nitrogens with one attached hydrogen (secondary N) is 1. The topological polar surface area (TPSA) is 12.0 Å². The van der Waals surface area contributed by atoms with Crippen molar-refractivity contribution in [3.8, 4) is 0 Å². The summed E-state index contributed by atoms with van der Waals surface area (Å²) >= 11 is 0. The van der Waals surface area contributed by atoms with E-state index in [-0.39, 0.29) is 11.7 Å². The minimum Gasteiger partial charge on any atom is -0.376 e. The lowest BCUT2D eigenvalue weighted by molar-refractivity contribution is 0.593. The molecule has 1 atom stereocenters. The fourth-order valence-electron chi connectivity index (χ4n) is 2.38. The zero-order valence-electron chi connectivity index (χ0n) is 12.2. The van der Waals surface area contributed by atoms with Gasteiger partial charge in [-0.05, 0) is 50.5 Å². The first kappa shape index (κ1) is 14.5. The van der Waals surface area contributed by atoms with Gasteiger partial charge in [-0.25, -0.2) is 8.78 Å². The van der Waals surface area contributed by atoms with E-state index in [0.717, 1.165) is 11.1 Å². The molecule has 0 bridgehead atoms. The highest BCUT2D eigenvalue weighted by Gasteiger charge is 2.12. The highest BCUT2D eigenvalue weighted by Crippen LogP contribution is 2.26. The second-order valence-corrected chi connectivity index (χ2v) is 5.31. The van der Waals surface area contributed by atoms with Gasteiger partial charge in [0, 0.05) is 12.1 Å². The largest absolute Gasteiger partial charge is 0.376 e. The second kappa shape index (κ2) is 5.61. The molecule has 1 unspecified atom stereocenters. The fraction of sp³-hybridized carbons (Fsp3) is 0.294. The molecule has 106 valence electrons. The van der Waals surface area contributed by atoms with Crippen LogP contribution in [0.1, 0.15) is 35.2 Å². The van der Waals surface area contributed by atoms with E-state index in [1.54, 1.807) is 6.92 Å². The molecule has 0 aliphatic carbocycles. The Kier molecular flexibility index (Phi) is 4.07. The maximum absolute atomic E-state index is 13.8. The number of benzene rings is 2. The van der Waals surface area contributed by atoms with E-state index in [1.165, 1.54) is 17.7 Å². The van der Waals surface area contributed by atoms with Crippen molar-refractivity contribution in [2.45, 2.75) is 33.7 Å². The Hall–Kier alpha value is -1.90. The molecule has 3 heteroatoms. The average Bonchev–Trinajstić information content (AvgIpc) is 2.35. The maximum Gasteiger partial charge on any atom is 0.146 e. The van der Waals surface area contributed by atoms with Crippen LogP contribution in [0.3, 0.4) is 0 Å². The van der Waals surface area contributed by atoms with Gasteiger partial charge in [-0.1, -0.05) is 23.8 Å². The molecule has 0 aliphatic rings. The minimum absolute atomic E-state index is 0.0905. The quantitative estimate of drug-likeness (QED) is 0.825. The maximum atomic E-state index is 13.8. The molecule has 0 aromatic heterocycles. The van der Waals surface area contributed by atoms with Crippen LogP contribution in [0, 0.1) is 32.4 Å². The minimum atomic E-state index is -0.430. The average molecular weight is 275 g/mol. The number of rotatable bonds is 3. The van der Waals surface area contributed by atoms with Gasteiger partial charge < -0.3 is 5.32 Å². The highest BCUT2D eigenvalue weighted by atomic mass is 19.1. The number of hydrogen-bond acceptors (Lipinski definition) is 1. The predicted octanol–water partition coefficient (Wildman–Crippen LogP) is 5.06. The van der Waals surface area contributed by atoms with Gasteiger partial charge in [0.15, 0.2) is 0 Å². The summed E-state index contributed by atoms with van der Waals surface area (Å²) in [4.78, 5) is 0. The molecule has 0 heterocycles. The Labute approximate surface area is 118 Å². The molecule has 0 saturated heterocycles. The fourth-order valence-corrected chi connectivity index (χ4v) is 2.38. The molecule has 2 aromatic rings. The smallest absolute Gasteiger partial charge is 0.146 e. The second-order valence-electron chi connectivity index (χ2n) is 5.31. The molecule has 0 saturated carbocycles. The first-order valence-corrected chi connectivity index (χ1v) is 6.68. The van der Waals surface area contributed by atoms with Crippen molar-refractivity contribution < 1.29 is 8.78 Å². The van der Waals surface area contributed by atoms with E-state index < -0.39 is 11.6 Å². The highest BCUT2D eigenvalue weighted by molar-refractivity contribution is 5.49. The number of aryl methyl sites for hydroxylation is 3. The van der Waals surface area contributed by atoms with E-state index in [9.17, 15) is 8.78 Å². The standard InChI is InChI=1S/C17H19F2N/c1-10-5-6-14(11(2)7-10)13(4)20-17-9-15(18)12(3)8-16(17)19/h5-9,13,20H,1-4H3. The number of hydrogen-bond donors (Lipinski definition) is 1. The van der Waals surface area contributed by atoms with Crippen molar-refractivity contribution >= 4 is 5.69 Å². The molecule has 1 nitrogen and oxygen atoms in total. The van der Waals surface area contributed by atoms with Gasteiger partial charge in [0.2, 0.25) is 0 Å². The molecule has 0 spiro atoms. The van der Waals surface area contributed by atoms with E-state index in [1.807, 2.05) is 32.9 Å². The third-order valence-electron chi connectivity index (χ3n) is 3.51. The zero-order chi connectivity index (χ0) is 14.9. The Bertz CT molecular complexity index is 635. The van der Waals surface area contributed by atoms with Crippen molar-refractivity contribution in [3.05, 3.63) is 64.2 Å². The van der Waals surface area contributed by atoms with E-state index >= 15 is 0 Å². The van der Waals surface area contributed by atoms with Crippen LogP contribution in [0.15, 0.2) is 30.3 Å². The molecule has 20 heavy (non-hydrogen) atoms. The monoisotopic (exact) mass is 275 g/mol. The Morgan fingerprint density at radius 3 is 2.25 bits per heavy atom. The van der Waals surface area contributed by atoms with Crippen LogP contribution in [-0.4, -0.2) is 0 Å². The Morgan fingerprint density at radius 2 is 1.60 bits per heavy atom. The van der Waals surface area contributed by atoms with Crippen LogP contribution < -0.4 is 5.32 Å².